The zero-order valence-electron chi connectivity index (χ0n) is 13.2. The van der Waals surface area contributed by atoms with Crippen molar-refractivity contribution in [2.75, 3.05) is 44.7 Å². The molecule has 0 bridgehead atoms. The summed E-state index contributed by atoms with van der Waals surface area (Å²) in [5.41, 5.74) is 2.68. The van der Waals surface area contributed by atoms with E-state index in [9.17, 15) is 0 Å². The van der Waals surface area contributed by atoms with Gasteiger partial charge in [-0.05, 0) is 57.1 Å². The molecule has 1 aliphatic rings. The number of rotatable bonds is 7. The van der Waals surface area contributed by atoms with Crippen LogP contribution >= 0.6 is 0 Å². The molecule has 3 heteroatoms. The van der Waals surface area contributed by atoms with Crippen molar-refractivity contribution in [2.45, 2.75) is 32.7 Å². The standard InChI is InChI=1S/C17H29N3/c1-4-18-15(2)16-7-9-17(10-8-16)19(3)13-14-20-11-5-6-12-20/h7-10,15,18H,4-6,11-14H2,1-3H3. The third kappa shape index (κ3) is 4.22. The topological polar surface area (TPSA) is 18.5 Å². The number of likely N-dealkylation sites (tertiary alicyclic amines) is 1. The summed E-state index contributed by atoms with van der Waals surface area (Å²) < 4.78 is 0. The molecule has 1 fully saturated rings. The molecule has 1 aromatic carbocycles. The lowest BCUT2D eigenvalue weighted by molar-refractivity contribution is 0.346. The van der Waals surface area contributed by atoms with Gasteiger partial charge >= 0.3 is 0 Å². The Morgan fingerprint density at radius 2 is 1.85 bits per heavy atom. The van der Waals surface area contributed by atoms with Gasteiger partial charge in [0.2, 0.25) is 0 Å². The maximum Gasteiger partial charge on any atom is 0.0364 e. The van der Waals surface area contributed by atoms with Crippen LogP contribution in [0.2, 0.25) is 0 Å². The molecule has 0 saturated carbocycles. The normalized spacial score (nSPS) is 17.4. The first-order chi connectivity index (χ1) is 9.70. The molecule has 1 N–H and O–H groups in total. The summed E-state index contributed by atoms with van der Waals surface area (Å²) in [5, 5.41) is 3.45. The Balaban J connectivity index is 1.84. The van der Waals surface area contributed by atoms with E-state index in [4.69, 9.17) is 0 Å². The van der Waals surface area contributed by atoms with E-state index in [0.717, 1.165) is 13.1 Å². The second-order valence-corrected chi connectivity index (χ2v) is 5.84. The Kier molecular flexibility index (Phi) is 5.86. The molecule has 1 atom stereocenters. The van der Waals surface area contributed by atoms with E-state index in [2.05, 4.69) is 60.3 Å². The van der Waals surface area contributed by atoms with E-state index in [1.165, 1.54) is 43.7 Å². The fraction of sp³-hybridized carbons (Fsp3) is 0.647. The predicted octanol–water partition coefficient (Wildman–Crippen LogP) is 2.89. The van der Waals surface area contributed by atoms with E-state index in [1.54, 1.807) is 0 Å². The summed E-state index contributed by atoms with van der Waals surface area (Å²) in [4.78, 5) is 4.93. The van der Waals surface area contributed by atoms with Crippen LogP contribution in [-0.2, 0) is 0 Å². The van der Waals surface area contributed by atoms with Gasteiger partial charge in [0, 0.05) is 31.9 Å². The van der Waals surface area contributed by atoms with Gasteiger partial charge in [0.1, 0.15) is 0 Å². The quantitative estimate of drug-likeness (QED) is 0.825. The van der Waals surface area contributed by atoms with Crippen LogP contribution < -0.4 is 10.2 Å². The molecule has 1 unspecified atom stereocenters. The SMILES string of the molecule is CCNC(C)c1ccc(N(C)CCN2CCCC2)cc1. The Labute approximate surface area is 124 Å². The highest BCUT2D eigenvalue weighted by Gasteiger charge is 2.12. The molecule has 0 radical (unpaired) electrons. The van der Waals surface area contributed by atoms with E-state index in [0.29, 0.717) is 6.04 Å². The van der Waals surface area contributed by atoms with Gasteiger partial charge in [-0.3, -0.25) is 0 Å². The Morgan fingerprint density at radius 3 is 2.45 bits per heavy atom. The molecule has 112 valence electrons. The first kappa shape index (κ1) is 15.3. The molecule has 1 heterocycles. The number of anilines is 1. The van der Waals surface area contributed by atoms with E-state index in [-0.39, 0.29) is 0 Å². The van der Waals surface area contributed by atoms with Gasteiger partial charge in [-0.25, -0.2) is 0 Å². The number of hydrogen-bond acceptors (Lipinski definition) is 3. The first-order valence-corrected chi connectivity index (χ1v) is 7.97. The lowest BCUT2D eigenvalue weighted by Crippen LogP contribution is -2.31. The second-order valence-electron chi connectivity index (χ2n) is 5.84. The van der Waals surface area contributed by atoms with Crippen molar-refractivity contribution < 1.29 is 0 Å². The van der Waals surface area contributed by atoms with Gasteiger partial charge in [-0.1, -0.05) is 19.1 Å². The lowest BCUT2D eigenvalue weighted by Gasteiger charge is -2.23. The monoisotopic (exact) mass is 275 g/mol. The highest BCUT2D eigenvalue weighted by Crippen LogP contribution is 2.18. The van der Waals surface area contributed by atoms with Gasteiger partial charge in [-0.15, -0.1) is 0 Å². The van der Waals surface area contributed by atoms with Crippen molar-refractivity contribution in [2.24, 2.45) is 0 Å². The third-order valence-corrected chi connectivity index (χ3v) is 4.29. The fourth-order valence-corrected chi connectivity index (χ4v) is 2.87. The summed E-state index contributed by atoms with van der Waals surface area (Å²) in [6, 6.07) is 9.41. The van der Waals surface area contributed by atoms with Crippen molar-refractivity contribution >= 4 is 5.69 Å². The van der Waals surface area contributed by atoms with Crippen LogP contribution in [0.4, 0.5) is 5.69 Å². The minimum absolute atomic E-state index is 0.434. The molecular weight excluding hydrogens is 246 g/mol. The van der Waals surface area contributed by atoms with Crippen LogP contribution in [0.1, 0.15) is 38.3 Å². The highest BCUT2D eigenvalue weighted by molar-refractivity contribution is 5.47. The van der Waals surface area contributed by atoms with Crippen LogP contribution in [0.5, 0.6) is 0 Å². The van der Waals surface area contributed by atoms with Crippen molar-refractivity contribution in [1.82, 2.24) is 10.2 Å². The molecule has 1 aromatic rings. The van der Waals surface area contributed by atoms with Crippen LogP contribution in [-0.4, -0.2) is 44.7 Å². The summed E-state index contributed by atoms with van der Waals surface area (Å²) >= 11 is 0. The minimum Gasteiger partial charge on any atom is -0.373 e. The number of likely N-dealkylation sites (N-methyl/N-ethyl adjacent to an activating group) is 1. The van der Waals surface area contributed by atoms with Gasteiger partial charge in [-0.2, -0.15) is 0 Å². The number of nitrogens with one attached hydrogen (secondary N) is 1. The van der Waals surface area contributed by atoms with Crippen molar-refractivity contribution in [3.8, 4) is 0 Å². The molecule has 1 saturated heterocycles. The summed E-state index contributed by atoms with van der Waals surface area (Å²) in [6.07, 6.45) is 2.75. The summed E-state index contributed by atoms with van der Waals surface area (Å²) in [6.45, 7) is 10.2. The van der Waals surface area contributed by atoms with Gasteiger partial charge in [0.05, 0.1) is 0 Å². The van der Waals surface area contributed by atoms with Crippen molar-refractivity contribution in [3.63, 3.8) is 0 Å². The number of benzene rings is 1. The summed E-state index contributed by atoms with van der Waals surface area (Å²) in [5.74, 6) is 0. The highest BCUT2D eigenvalue weighted by atomic mass is 15.2. The molecular formula is C17H29N3. The Hall–Kier alpha value is -1.06. The summed E-state index contributed by atoms with van der Waals surface area (Å²) in [7, 11) is 2.19. The smallest absolute Gasteiger partial charge is 0.0364 e. The van der Waals surface area contributed by atoms with Gasteiger partial charge < -0.3 is 15.1 Å². The second kappa shape index (κ2) is 7.65. The zero-order chi connectivity index (χ0) is 14.4. The Morgan fingerprint density at radius 1 is 1.20 bits per heavy atom. The fourth-order valence-electron chi connectivity index (χ4n) is 2.87. The number of nitrogens with zero attached hydrogens (tertiary/aromatic N) is 2. The molecule has 2 rings (SSSR count). The van der Waals surface area contributed by atoms with Crippen LogP contribution in [0.25, 0.3) is 0 Å². The van der Waals surface area contributed by atoms with E-state index in [1.807, 2.05) is 0 Å². The molecule has 0 amide bonds. The van der Waals surface area contributed by atoms with Crippen molar-refractivity contribution in [1.29, 1.82) is 0 Å². The molecule has 0 aromatic heterocycles. The van der Waals surface area contributed by atoms with Crippen LogP contribution in [0.3, 0.4) is 0 Å². The zero-order valence-corrected chi connectivity index (χ0v) is 13.2. The molecule has 0 spiro atoms. The van der Waals surface area contributed by atoms with Crippen molar-refractivity contribution in [3.05, 3.63) is 29.8 Å². The van der Waals surface area contributed by atoms with E-state index < -0.39 is 0 Å². The average Bonchev–Trinajstić information content (AvgIpc) is 2.98. The average molecular weight is 275 g/mol. The first-order valence-electron chi connectivity index (χ1n) is 7.97. The Bertz CT molecular complexity index is 382. The minimum atomic E-state index is 0.434. The van der Waals surface area contributed by atoms with Crippen LogP contribution in [0, 0.1) is 0 Å². The van der Waals surface area contributed by atoms with Crippen LogP contribution in [0.15, 0.2) is 24.3 Å². The van der Waals surface area contributed by atoms with Gasteiger partial charge in [0.15, 0.2) is 0 Å². The third-order valence-electron chi connectivity index (χ3n) is 4.29. The maximum absolute atomic E-state index is 3.45. The molecule has 0 aliphatic carbocycles. The molecule has 3 nitrogen and oxygen atoms in total. The lowest BCUT2D eigenvalue weighted by atomic mass is 10.1. The van der Waals surface area contributed by atoms with Gasteiger partial charge in [0.25, 0.3) is 0 Å². The predicted molar refractivity (Wildman–Crippen MR) is 87.5 cm³/mol. The van der Waals surface area contributed by atoms with E-state index >= 15 is 0 Å². The molecule has 1 aliphatic heterocycles. The molecule has 20 heavy (non-hydrogen) atoms. The maximum atomic E-state index is 3.45. The largest absolute Gasteiger partial charge is 0.373 e. The number of hydrogen-bond donors (Lipinski definition) is 1.